The summed E-state index contributed by atoms with van der Waals surface area (Å²) >= 11 is 0. The van der Waals surface area contributed by atoms with E-state index < -0.39 is 0 Å². The molecular formula is C18H26Si. The normalized spacial score (nSPS) is 34.8. The summed E-state index contributed by atoms with van der Waals surface area (Å²) in [5.41, 5.74) is 11.5. The average Bonchev–Trinajstić information content (AvgIpc) is 2.65. The summed E-state index contributed by atoms with van der Waals surface area (Å²) in [6, 6.07) is 0. The fourth-order valence-electron chi connectivity index (χ4n) is 4.73. The van der Waals surface area contributed by atoms with Gasteiger partial charge in [0.05, 0.1) is 0 Å². The Morgan fingerprint density at radius 2 is 1.74 bits per heavy atom. The van der Waals surface area contributed by atoms with Crippen molar-refractivity contribution in [3.63, 3.8) is 0 Å². The van der Waals surface area contributed by atoms with E-state index in [1.807, 2.05) is 0 Å². The summed E-state index contributed by atoms with van der Waals surface area (Å²) in [5, 5.41) is 0.346. The quantitative estimate of drug-likeness (QED) is 0.625. The number of rotatable bonds is 1. The van der Waals surface area contributed by atoms with Crippen molar-refractivity contribution in [1.29, 1.82) is 0 Å². The van der Waals surface area contributed by atoms with E-state index in [0.29, 0.717) is 11.0 Å². The molecule has 2 atom stereocenters. The van der Waals surface area contributed by atoms with Gasteiger partial charge in [0.15, 0.2) is 0 Å². The lowest BCUT2D eigenvalue weighted by molar-refractivity contribution is 0.691. The topological polar surface area (TPSA) is 0 Å². The molecular weight excluding hydrogens is 244 g/mol. The van der Waals surface area contributed by atoms with Crippen molar-refractivity contribution in [3.05, 3.63) is 45.1 Å². The van der Waals surface area contributed by atoms with Crippen LogP contribution < -0.4 is 0 Å². The summed E-state index contributed by atoms with van der Waals surface area (Å²) in [7, 11) is 1.22. The highest BCUT2D eigenvalue weighted by atomic mass is 28.1. The van der Waals surface area contributed by atoms with Gasteiger partial charge in [-0.15, -0.1) is 0 Å². The minimum absolute atomic E-state index is 0.346. The van der Waals surface area contributed by atoms with Crippen LogP contribution in [0.1, 0.15) is 53.9 Å². The zero-order chi connectivity index (χ0) is 13.9. The maximum absolute atomic E-state index is 2.65. The van der Waals surface area contributed by atoms with Crippen LogP contribution in [0, 0.1) is 5.92 Å². The average molecular weight is 270 g/mol. The Morgan fingerprint density at radius 1 is 1.05 bits per heavy atom. The highest BCUT2D eigenvalue weighted by Crippen LogP contribution is 2.60. The molecule has 1 heteroatoms. The highest BCUT2D eigenvalue weighted by molar-refractivity contribution is 6.22. The first kappa shape index (κ1) is 13.2. The predicted octanol–water partition coefficient (Wildman–Crippen LogP) is 4.25. The largest absolute Gasteiger partial charge is 0.0706 e. The lowest BCUT2D eigenvalue weighted by Crippen LogP contribution is -2.19. The van der Waals surface area contributed by atoms with Crippen molar-refractivity contribution < 1.29 is 0 Å². The van der Waals surface area contributed by atoms with Gasteiger partial charge in [0.2, 0.25) is 0 Å². The number of hydrogen-bond donors (Lipinski definition) is 0. The fraction of sp³-hybridized carbons (Fsp3) is 0.556. The second-order valence-corrected chi connectivity index (χ2v) is 8.47. The first-order valence-electron chi connectivity index (χ1n) is 7.69. The molecule has 102 valence electrons. The van der Waals surface area contributed by atoms with Crippen LogP contribution in [-0.2, 0) is 0 Å². The van der Waals surface area contributed by atoms with Crippen molar-refractivity contribution in [3.8, 4) is 0 Å². The van der Waals surface area contributed by atoms with Crippen molar-refractivity contribution in [1.82, 2.24) is 0 Å². The molecule has 0 aromatic carbocycles. The standard InChI is InChI=1S/C18H26Si/c1-10-11(2)13(4)17(12(10)3)18(19)9-15-7-6-8-16(18)14(15)5/h9,12H,6-8H2,1-5,19H3. The van der Waals surface area contributed by atoms with Gasteiger partial charge >= 0.3 is 0 Å². The molecule has 2 bridgehead atoms. The summed E-state index contributed by atoms with van der Waals surface area (Å²) in [6.07, 6.45) is 6.66. The first-order valence-corrected chi connectivity index (χ1v) is 8.69. The second-order valence-electron chi connectivity index (χ2n) is 6.90. The van der Waals surface area contributed by atoms with Crippen LogP contribution in [0.5, 0.6) is 0 Å². The minimum atomic E-state index is 0.346. The monoisotopic (exact) mass is 270 g/mol. The summed E-state index contributed by atoms with van der Waals surface area (Å²) in [4.78, 5) is 0. The Kier molecular flexibility index (Phi) is 2.83. The van der Waals surface area contributed by atoms with E-state index in [4.69, 9.17) is 0 Å². The van der Waals surface area contributed by atoms with Gasteiger partial charge in [0.1, 0.15) is 0 Å². The van der Waals surface area contributed by atoms with E-state index >= 15 is 0 Å². The Morgan fingerprint density at radius 3 is 2.26 bits per heavy atom. The van der Waals surface area contributed by atoms with Crippen molar-refractivity contribution in [2.24, 2.45) is 5.92 Å². The lowest BCUT2D eigenvalue weighted by atomic mass is 9.80. The molecule has 2 unspecified atom stereocenters. The summed E-state index contributed by atoms with van der Waals surface area (Å²) in [6.45, 7) is 11.8. The van der Waals surface area contributed by atoms with E-state index in [9.17, 15) is 0 Å². The maximum atomic E-state index is 2.65. The molecule has 0 saturated heterocycles. The molecule has 0 aromatic heterocycles. The van der Waals surface area contributed by atoms with Crippen molar-refractivity contribution in [2.75, 3.05) is 0 Å². The third-order valence-corrected chi connectivity index (χ3v) is 7.53. The minimum Gasteiger partial charge on any atom is -0.0706 e. The molecule has 0 radical (unpaired) electrons. The summed E-state index contributed by atoms with van der Waals surface area (Å²) < 4.78 is 0. The molecule has 0 N–H and O–H groups in total. The van der Waals surface area contributed by atoms with Crippen LogP contribution >= 0.6 is 0 Å². The smallest absolute Gasteiger partial charge is 0.0258 e. The van der Waals surface area contributed by atoms with E-state index in [1.165, 1.54) is 29.5 Å². The SMILES string of the molecule is CC1=C(C)C(C)C(C2([SiH3])C=C3CCCC2=C3C)=C1C. The van der Waals surface area contributed by atoms with Gasteiger partial charge in [0.25, 0.3) is 0 Å². The van der Waals surface area contributed by atoms with Crippen LogP contribution in [0.15, 0.2) is 45.1 Å². The molecule has 3 aliphatic carbocycles. The number of hydrogen-bond acceptors (Lipinski definition) is 0. The van der Waals surface area contributed by atoms with Crippen LogP contribution in [0.2, 0.25) is 5.04 Å². The molecule has 0 saturated carbocycles. The third kappa shape index (κ3) is 1.57. The van der Waals surface area contributed by atoms with Crippen molar-refractivity contribution in [2.45, 2.75) is 58.9 Å². The van der Waals surface area contributed by atoms with Gasteiger partial charge in [-0.3, -0.25) is 0 Å². The van der Waals surface area contributed by atoms with Gasteiger partial charge in [-0.2, -0.15) is 0 Å². The van der Waals surface area contributed by atoms with Gasteiger partial charge in [-0.1, -0.05) is 24.1 Å². The van der Waals surface area contributed by atoms with Gasteiger partial charge in [-0.05, 0) is 80.7 Å². The lowest BCUT2D eigenvalue weighted by Gasteiger charge is -2.33. The van der Waals surface area contributed by atoms with Gasteiger partial charge in [-0.25, -0.2) is 0 Å². The van der Waals surface area contributed by atoms with Crippen molar-refractivity contribution >= 4 is 10.2 Å². The van der Waals surface area contributed by atoms with E-state index in [-0.39, 0.29) is 0 Å². The molecule has 19 heavy (non-hydrogen) atoms. The first-order chi connectivity index (χ1) is 8.88. The van der Waals surface area contributed by atoms with Crippen LogP contribution in [-0.4, -0.2) is 10.2 Å². The van der Waals surface area contributed by atoms with Crippen LogP contribution in [0.4, 0.5) is 0 Å². The van der Waals surface area contributed by atoms with E-state index in [0.717, 1.165) is 0 Å². The predicted molar refractivity (Wildman–Crippen MR) is 87.5 cm³/mol. The molecule has 0 aliphatic heterocycles. The van der Waals surface area contributed by atoms with Gasteiger partial charge < -0.3 is 0 Å². The molecule has 0 aromatic rings. The molecule has 0 amide bonds. The maximum Gasteiger partial charge on any atom is 0.0258 e. The fourth-order valence-corrected chi connectivity index (χ4v) is 6.51. The Hall–Kier alpha value is -0.823. The highest BCUT2D eigenvalue weighted by Gasteiger charge is 2.43. The molecule has 0 nitrogen and oxygen atoms in total. The van der Waals surface area contributed by atoms with Crippen LogP contribution in [0.3, 0.4) is 0 Å². The molecule has 0 heterocycles. The molecule has 3 rings (SSSR count). The number of allylic oxidation sites excluding steroid dienone is 8. The third-order valence-electron chi connectivity index (χ3n) is 6.10. The van der Waals surface area contributed by atoms with E-state index in [1.54, 1.807) is 39.0 Å². The summed E-state index contributed by atoms with van der Waals surface area (Å²) in [5.74, 6) is 0.647. The second kappa shape index (κ2) is 4.08. The molecule has 3 aliphatic rings. The molecule has 0 spiro atoms. The zero-order valence-electron chi connectivity index (χ0n) is 13.3. The van der Waals surface area contributed by atoms with Crippen LogP contribution in [0.25, 0.3) is 0 Å². The zero-order valence-corrected chi connectivity index (χ0v) is 15.3. The van der Waals surface area contributed by atoms with Gasteiger partial charge in [0, 0.05) is 15.3 Å². The van der Waals surface area contributed by atoms with E-state index in [2.05, 4.69) is 40.7 Å². The molecule has 0 fully saturated rings. The Balaban J connectivity index is 2.16. The number of fused-ring (bicyclic) bond motifs is 1. The Labute approximate surface area is 120 Å². The Bertz CT molecular complexity index is 583.